The van der Waals surface area contributed by atoms with Crippen LogP contribution in [0, 0.1) is 17.8 Å². The van der Waals surface area contributed by atoms with Gasteiger partial charge >= 0.3 is 6.18 Å². The third-order valence-electron chi connectivity index (χ3n) is 6.14. The highest BCUT2D eigenvalue weighted by Crippen LogP contribution is 2.44. The van der Waals surface area contributed by atoms with E-state index in [1.54, 1.807) is 0 Å². The lowest BCUT2D eigenvalue weighted by Crippen LogP contribution is -2.61. The van der Waals surface area contributed by atoms with Crippen LogP contribution in [0.4, 0.5) is 13.2 Å². The van der Waals surface area contributed by atoms with Crippen LogP contribution in [0.2, 0.25) is 0 Å². The second-order valence-corrected chi connectivity index (χ2v) is 8.32. The lowest BCUT2D eigenvalue weighted by molar-refractivity contribution is -0.200. The number of alkyl halides is 4. The molecule has 2 aliphatic carbocycles. The van der Waals surface area contributed by atoms with Crippen molar-refractivity contribution >= 4 is 11.6 Å². The minimum absolute atomic E-state index is 0.118. The molecule has 3 rings (SSSR count). The SMILES string of the molecule is C=C1CC(C2CCCCC2Cl)NC(C2CCCCC2C(F)(F)F)N1. The van der Waals surface area contributed by atoms with Crippen LogP contribution in [-0.4, -0.2) is 23.8 Å². The molecule has 1 heterocycles. The Hall–Kier alpha value is -0.420. The summed E-state index contributed by atoms with van der Waals surface area (Å²) in [7, 11) is 0. The van der Waals surface area contributed by atoms with Crippen molar-refractivity contribution in [1.82, 2.24) is 10.6 Å². The fourth-order valence-electron chi connectivity index (χ4n) is 4.91. The highest BCUT2D eigenvalue weighted by molar-refractivity contribution is 6.20. The van der Waals surface area contributed by atoms with Crippen LogP contribution in [0.25, 0.3) is 0 Å². The molecule has 6 unspecified atom stereocenters. The Morgan fingerprint density at radius 2 is 1.58 bits per heavy atom. The Bertz CT molecular complexity index is 454. The number of nitrogens with one attached hydrogen (secondary N) is 2. The van der Waals surface area contributed by atoms with Crippen LogP contribution in [0.5, 0.6) is 0 Å². The van der Waals surface area contributed by atoms with E-state index in [2.05, 4.69) is 17.2 Å². The van der Waals surface area contributed by atoms with Gasteiger partial charge in [0, 0.05) is 29.5 Å². The van der Waals surface area contributed by atoms with Crippen molar-refractivity contribution in [3.63, 3.8) is 0 Å². The van der Waals surface area contributed by atoms with Crippen molar-refractivity contribution in [3.05, 3.63) is 12.3 Å². The van der Waals surface area contributed by atoms with Crippen LogP contribution >= 0.6 is 11.6 Å². The molecule has 138 valence electrons. The summed E-state index contributed by atoms with van der Waals surface area (Å²) in [6.45, 7) is 4.04. The quantitative estimate of drug-likeness (QED) is 0.678. The molecule has 6 atom stereocenters. The fourth-order valence-corrected chi connectivity index (χ4v) is 5.37. The molecule has 0 aromatic heterocycles. The van der Waals surface area contributed by atoms with Gasteiger partial charge in [0.1, 0.15) is 0 Å². The number of rotatable bonds is 2. The van der Waals surface area contributed by atoms with Gasteiger partial charge in [0.2, 0.25) is 0 Å². The molecular formula is C18H28ClF3N2. The lowest BCUT2D eigenvalue weighted by atomic mass is 9.75. The van der Waals surface area contributed by atoms with Gasteiger partial charge in [-0.05, 0) is 31.6 Å². The smallest absolute Gasteiger partial charge is 0.373 e. The Balaban J connectivity index is 1.73. The van der Waals surface area contributed by atoms with Gasteiger partial charge in [0.25, 0.3) is 0 Å². The van der Waals surface area contributed by atoms with Crippen molar-refractivity contribution in [1.29, 1.82) is 0 Å². The molecule has 6 heteroatoms. The molecule has 0 amide bonds. The van der Waals surface area contributed by atoms with Gasteiger partial charge in [-0.1, -0.05) is 32.3 Å². The van der Waals surface area contributed by atoms with E-state index >= 15 is 0 Å². The third-order valence-corrected chi connectivity index (χ3v) is 6.68. The fraction of sp³-hybridized carbons (Fsp3) is 0.889. The maximum Gasteiger partial charge on any atom is 0.392 e. The Morgan fingerprint density at radius 3 is 2.25 bits per heavy atom. The largest absolute Gasteiger partial charge is 0.392 e. The molecule has 24 heavy (non-hydrogen) atoms. The molecule has 0 radical (unpaired) electrons. The summed E-state index contributed by atoms with van der Waals surface area (Å²) in [6, 6.07) is 0.141. The summed E-state index contributed by atoms with van der Waals surface area (Å²) >= 11 is 6.53. The predicted octanol–water partition coefficient (Wildman–Crippen LogP) is 4.94. The number of hydrogen-bond donors (Lipinski definition) is 2. The Kier molecular flexibility index (Phi) is 5.70. The highest BCUT2D eigenvalue weighted by Gasteiger charge is 2.49. The van der Waals surface area contributed by atoms with E-state index in [1.807, 2.05) is 0 Å². The van der Waals surface area contributed by atoms with Crippen LogP contribution in [-0.2, 0) is 0 Å². The second kappa shape index (κ2) is 7.45. The minimum atomic E-state index is -4.12. The van der Waals surface area contributed by atoms with E-state index in [4.69, 9.17) is 11.6 Å². The summed E-state index contributed by atoms with van der Waals surface area (Å²) < 4.78 is 40.4. The molecule has 2 N–H and O–H groups in total. The first-order chi connectivity index (χ1) is 11.4. The normalized spacial score (nSPS) is 41.8. The zero-order chi connectivity index (χ0) is 17.3. The van der Waals surface area contributed by atoms with Gasteiger partial charge in [-0.25, -0.2) is 0 Å². The van der Waals surface area contributed by atoms with Crippen molar-refractivity contribution in [2.24, 2.45) is 17.8 Å². The van der Waals surface area contributed by atoms with Crippen LogP contribution in [0.15, 0.2) is 12.3 Å². The molecule has 0 spiro atoms. The molecule has 3 fully saturated rings. The van der Waals surface area contributed by atoms with Gasteiger partial charge < -0.3 is 5.32 Å². The second-order valence-electron chi connectivity index (χ2n) is 7.76. The monoisotopic (exact) mass is 364 g/mol. The summed E-state index contributed by atoms with van der Waals surface area (Å²) in [5.41, 5.74) is 0.852. The van der Waals surface area contributed by atoms with E-state index in [9.17, 15) is 13.2 Å². The van der Waals surface area contributed by atoms with E-state index in [0.29, 0.717) is 18.8 Å². The van der Waals surface area contributed by atoms with Crippen molar-refractivity contribution < 1.29 is 13.2 Å². The summed E-state index contributed by atoms with van der Waals surface area (Å²) in [6.07, 6.45) is 3.06. The van der Waals surface area contributed by atoms with E-state index in [-0.39, 0.29) is 24.0 Å². The molecule has 0 aromatic carbocycles. The zero-order valence-electron chi connectivity index (χ0n) is 14.0. The van der Waals surface area contributed by atoms with Gasteiger partial charge in [0.15, 0.2) is 0 Å². The Morgan fingerprint density at radius 1 is 0.958 bits per heavy atom. The first-order valence-corrected chi connectivity index (χ1v) is 9.71. The summed E-state index contributed by atoms with van der Waals surface area (Å²) in [4.78, 5) is 0. The zero-order valence-corrected chi connectivity index (χ0v) is 14.8. The van der Waals surface area contributed by atoms with Crippen LogP contribution < -0.4 is 10.6 Å². The van der Waals surface area contributed by atoms with E-state index in [0.717, 1.165) is 44.2 Å². The topological polar surface area (TPSA) is 24.1 Å². The molecular weight excluding hydrogens is 337 g/mol. The summed E-state index contributed by atoms with van der Waals surface area (Å²) in [5, 5.41) is 6.84. The third kappa shape index (κ3) is 4.04. The van der Waals surface area contributed by atoms with Gasteiger partial charge in [-0.3, -0.25) is 5.32 Å². The molecule has 0 bridgehead atoms. The van der Waals surface area contributed by atoms with Gasteiger partial charge in [-0.15, -0.1) is 11.6 Å². The maximum atomic E-state index is 13.5. The number of hydrogen-bond acceptors (Lipinski definition) is 2. The van der Waals surface area contributed by atoms with Crippen molar-refractivity contribution in [2.75, 3.05) is 0 Å². The number of halogens is 4. The lowest BCUT2D eigenvalue weighted by Gasteiger charge is -2.46. The first kappa shape index (κ1) is 18.4. The van der Waals surface area contributed by atoms with Gasteiger partial charge in [0.05, 0.1) is 12.1 Å². The average Bonchev–Trinajstić information content (AvgIpc) is 2.54. The summed E-state index contributed by atoms with van der Waals surface area (Å²) in [5.74, 6) is -1.31. The highest BCUT2D eigenvalue weighted by atomic mass is 35.5. The van der Waals surface area contributed by atoms with Crippen LogP contribution in [0.1, 0.15) is 57.8 Å². The molecule has 1 saturated heterocycles. The average molecular weight is 365 g/mol. The van der Waals surface area contributed by atoms with Crippen molar-refractivity contribution in [2.45, 2.75) is 81.5 Å². The minimum Gasteiger partial charge on any atom is -0.373 e. The molecule has 1 aliphatic heterocycles. The van der Waals surface area contributed by atoms with Crippen molar-refractivity contribution in [3.8, 4) is 0 Å². The standard InChI is InChI=1S/C18H28ClF3N2/c1-11-10-16(13-7-3-5-9-15(13)19)24-17(23-11)12-6-2-4-8-14(12)18(20,21)22/h12-17,23-24H,1-10H2. The van der Waals surface area contributed by atoms with E-state index < -0.39 is 18.0 Å². The van der Waals surface area contributed by atoms with Gasteiger partial charge in [-0.2, -0.15) is 13.2 Å². The molecule has 0 aromatic rings. The molecule has 2 saturated carbocycles. The predicted molar refractivity (Wildman–Crippen MR) is 90.7 cm³/mol. The molecule has 2 nitrogen and oxygen atoms in total. The maximum absolute atomic E-state index is 13.5. The van der Waals surface area contributed by atoms with Crippen LogP contribution in [0.3, 0.4) is 0 Å². The van der Waals surface area contributed by atoms with E-state index in [1.165, 1.54) is 0 Å². The molecule has 3 aliphatic rings. The first-order valence-electron chi connectivity index (χ1n) is 9.27. The Labute approximate surface area is 147 Å².